The molecule has 2 rings (SSSR count). The molecule has 1 aromatic carbocycles. The van der Waals surface area contributed by atoms with E-state index in [0.717, 1.165) is 5.56 Å². The molecule has 0 bridgehead atoms. The van der Waals surface area contributed by atoms with Gasteiger partial charge >= 0.3 is 0 Å². The van der Waals surface area contributed by atoms with Crippen molar-refractivity contribution < 1.29 is 4.39 Å². The average molecular weight is 279 g/mol. The molecule has 100 valence electrons. The highest BCUT2D eigenvalue weighted by Crippen LogP contribution is 2.31. The van der Waals surface area contributed by atoms with Gasteiger partial charge in [0.05, 0.1) is 0 Å². The van der Waals surface area contributed by atoms with Crippen molar-refractivity contribution in [3.63, 3.8) is 0 Å². The van der Waals surface area contributed by atoms with Gasteiger partial charge in [-0.1, -0.05) is 23.9 Å². The number of nitrogens with one attached hydrogen (secondary N) is 1. The van der Waals surface area contributed by atoms with E-state index in [0.29, 0.717) is 17.4 Å². The van der Waals surface area contributed by atoms with E-state index in [1.165, 1.54) is 30.0 Å². The topological polar surface area (TPSA) is 71.8 Å². The van der Waals surface area contributed by atoms with Crippen LogP contribution in [-0.2, 0) is 0 Å². The maximum atomic E-state index is 12.9. The average Bonchev–Trinajstić information content (AvgIpc) is 2.36. The first kappa shape index (κ1) is 13.8. The van der Waals surface area contributed by atoms with E-state index in [1.807, 2.05) is 0 Å². The van der Waals surface area contributed by atoms with Gasteiger partial charge in [-0.25, -0.2) is 9.37 Å². The quantitative estimate of drug-likeness (QED) is 0.663. The van der Waals surface area contributed by atoms with Crippen molar-refractivity contribution in [3.8, 4) is 0 Å². The van der Waals surface area contributed by atoms with Crippen molar-refractivity contribution in [3.05, 3.63) is 57.8 Å². The van der Waals surface area contributed by atoms with Gasteiger partial charge in [-0.2, -0.15) is 0 Å². The minimum absolute atomic E-state index is 0.0782. The molecule has 3 N–H and O–H groups in total. The molecule has 0 amide bonds. The summed E-state index contributed by atoms with van der Waals surface area (Å²) in [4.78, 5) is 18.3. The molecule has 0 saturated heterocycles. The number of halogens is 1. The second-order valence-corrected chi connectivity index (χ2v) is 5.28. The minimum Gasteiger partial charge on any atom is -0.329 e. The summed E-state index contributed by atoms with van der Waals surface area (Å²) in [5, 5.41) is 0.440. The van der Waals surface area contributed by atoms with Crippen molar-refractivity contribution in [2.45, 2.75) is 17.3 Å². The highest BCUT2D eigenvalue weighted by Gasteiger charge is 2.13. The molecule has 6 heteroatoms. The number of benzene rings is 1. The van der Waals surface area contributed by atoms with Crippen LogP contribution in [0.2, 0.25) is 0 Å². The monoisotopic (exact) mass is 279 g/mol. The number of hydrogen-bond donors (Lipinski definition) is 2. The molecule has 0 saturated carbocycles. The molecule has 0 spiro atoms. The first-order valence-corrected chi connectivity index (χ1v) is 6.66. The summed E-state index contributed by atoms with van der Waals surface area (Å²) in [5.74, 6) is -0.286. The van der Waals surface area contributed by atoms with Crippen LogP contribution in [0.3, 0.4) is 0 Å². The van der Waals surface area contributed by atoms with Gasteiger partial charge in [-0.3, -0.25) is 4.79 Å². The predicted octanol–water partition coefficient (Wildman–Crippen LogP) is 2.01. The highest BCUT2D eigenvalue weighted by atomic mass is 32.2. The Bertz CT molecular complexity index is 612. The normalized spacial score (nSPS) is 12.4. The molecule has 0 radical (unpaired) electrons. The summed E-state index contributed by atoms with van der Waals surface area (Å²) in [6, 6.07) is 7.59. The summed E-state index contributed by atoms with van der Waals surface area (Å²) in [5.41, 5.74) is 7.10. The SMILES string of the molecule is Cc1cc(=O)[nH]c(SC(CN)c2ccc(F)cc2)n1. The molecule has 2 aromatic rings. The largest absolute Gasteiger partial charge is 0.329 e. The van der Waals surface area contributed by atoms with E-state index in [1.54, 1.807) is 19.1 Å². The molecular weight excluding hydrogens is 265 g/mol. The first-order valence-electron chi connectivity index (χ1n) is 5.78. The molecule has 1 unspecified atom stereocenters. The predicted molar refractivity (Wildman–Crippen MR) is 73.6 cm³/mol. The highest BCUT2D eigenvalue weighted by molar-refractivity contribution is 7.99. The maximum absolute atomic E-state index is 12.9. The van der Waals surface area contributed by atoms with E-state index in [9.17, 15) is 9.18 Å². The minimum atomic E-state index is -0.286. The van der Waals surface area contributed by atoms with Crippen LogP contribution in [0.1, 0.15) is 16.5 Å². The molecule has 0 aliphatic rings. The van der Waals surface area contributed by atoms with Crippen LogP contribution < -0.4 is 11.3 Å². The van der Waals surface area contributed by atoms with E-state index >= 15 is 0 Å². The molecule has 1 atom stereocenters. The molecule has 19 heavy (non-hydrogen) atoms. The lowest BCUT2D eigenvalue weighted by Crippen LogP contribution is -2.13. The molecule has 0 fully saturated rings. The second kappa shape index (κ2) is 5.99. The third-order valence-corrected chi connectivity index (χ3v) is 3.72. The zero-order valence-corrected chi connectivity index (χ0v) is 11.2. The lowest BCUT2D eigenvalue weighted by Gasteiger charge is -2.14. The van der Waals surface area contributed by atoms with Gasteiger partial charge in [-0.15, -0.1) is 0 Å². The van der Waals surface area contributed by atoms with Crippen molar-refractivity contribution in [2.75, 3.05) is 6.54 Å². The van der Waals surface area contributed by atoms with Gasteiger partial charge in [0.15, 0.2) is 5.16 Å². The Morgan fingerprint density at radius 3 is 2.68 bits per heavy atom. The lowest BCUT2D eigenvalue weighted by atomic mass is 10.1. The van der Waals surface area contributed by atoms with Gasteiger partial charge in [0.2, 0.25) is 0 Å². The molecule has 0 aliphatic heterocycles. The van der Waals surface area contributed by atoms with Crippen molar-refractivity contribution in [1.82, 2.24) is 9.97 Å². The fourth-order valence-electron chi connectivity index (χ4n) is 1.67. The van der Waals surface area contributed by atoms with Gasteiger partial charge in [0.1, 0.15) is 5.82 Å². The Balaban J connectivity index is 2.23. The van der Waals surface area contributed by atoms with E-state index < -0.39 is 0 Å². The number of hydrogen-bond acceptors (Lipinski definition) is 4. The number of aromatic amines is 1. The van der Waals surface area contributed by atoms with Crippen LogP contribution in [0.4, 0.5) is 4.39 Å². The molecular formula is C13H14FN3OS. The summed E-state index contributed by atoms with van der Waals surface area (Å²) in [7, 11) is 0. The third-order valence-electron chi connectivity index (χ3n) is 2.56. The fourth-order valence-corrected chi connectivity index (χ4v) is 2.69. The smallest absolute Gasteiger partial charge is 0.251 e. The zero-order chi connectivity index (χ0) is 13.8. The molecule has 4 nitrogen and oxygen atoms in total. The fraction of sp³-hybridized carbons (Fsp3) is 0.231. The van der Waals surface area contributed by atoms with E-state index in [4.69, 9.17) is 5.73 Å². The van der Waals surface area contributed by atoms with Crippen molar-refractivity contribution in [2.24, 2.45) is 5.73 Å². The third kappa shape index (κ3) is 3.65. The standard InChI is InChI=1S/C13H14FN3OS/c1-8-6-12(18)17-13(16-8)19-11(7-15)9-2-4-10(14)5-3-9/h2-6,11H,7,15H2,1H3,(H,16,17,18). The second-order valence-electron chi connectivity index (χ2n) is 4.09. The Morgan fingerprint density at radius 2 is 2.11 bits per heavy atom. The number of H-pyrrole nitrogens is 1. The maximum Gasteiger partial charge on any atom is 0.251 e. The Labute approximate surface area is 114 Å². The number of aromatic nitrogens is 2. The van der Waals surface area contributed by atoms with E-state index in [-0.39, 0.29) is 16.6 Å². The number of thioether (sulfide) groups is 1. The van der Waals surface area contributed by atoms with Crippen LogP contribution in [0.5, 0.6) is 0 Å². The lowest BCUT2D eigenvalue weighted by molar-refractivity contribution is 0.627. The molecule has 0 aliphatic carbocycles. The summed E-state index contributed by atoms with van der Waals surface area (Å²) < 4.78 is 12.9. The number of nitrogens with two attached hydrogens (primary N) is 1. The van der Waals surface area contributed by atoms with E-state index in [2.05, 4.69) is 9.97 Å². The van der Waals surface area contributed by atoms with Crippen LogP contribution in [0.15, 0.2) is 40.3 Å². The zero-order valence-electron chi connectivity index (χ0n) is 10.4. The van der Waals surface area contributed by atoms with Crippen molar-refractivity contribution >= 4 is 11.8 Å². The van der Waals surface area contributed by atoms with Gasteiger partial charge < -0.3 is 10.7 Å². The van der Waals surface area contributed by atoms with Gasteiger partial charge in [0.25, 0.3) is 5.56 Å². The number of rotatable bonds is 4. The molecule has 1 heterocycles. The van der Waals surface area contributed by atoms with Crippen molar-refractivity contribution in [1.29, 1.82) is 0 Å². The Morgan fingerprint density at radius 1 is 1.42 bits per heavy atom. The summed E-state index contributed by atoms with van der Waals surface area (Å²) in [6.45, 7) is 2.13. The van der Waals surface area contributed by atoms with Crippen LogP contribution in [0.25, 0.3) is 0 Å². The van der Waals surface area contributed by atoms with Crippen LogP contribution in [0, 0.1) is 12.7 Å². The molecule has 1 aromatic heterocycles. The van der Waals surface area contributed by atoms with Gasteiger partial charge in [0, 0.05) is 23.6 Å². The summed E-state index contributed by atoms with van der Waals surface area (Å²) in [6.07, 6.45) is 0. The van der Waals surface area contributed by atoms with Crippen LogP contribution >= 0.6 is 11.8 Å². The Kier molecular flexibility index (Phi) is 4.34. The van der Waals surface area contributed by atoms with Gasteiger partial charge in [-0.05, 0) is 24.6 Å². The Hall–Kier alpha value is -1.66. The first-order chi connectivity index (χ1) is 9.08. The number of aryl methyl sites for hydroxylation is 1. The summed E-state index contributed by atoms with van der Waals surface area (Å²) >= 11 is 1.36. The number of nitrogens with zero attached hydrogens (tertiary/aromatic N) is 1. The van der Waals surface area contributed by atoms with Crippen LogP contribution in [-0.4, -0.2) is 16.5 Å².